The largest absolute Gasteiger partial charge is 0.491 e. The van der Waals surface area contributed by atoms with Crippen LogP contribution in [0.2, 0.25) is 0 Å². The highest BCUT2D eigenvalue weighted by atomic mass is 16.5. The van der Waals surface area contributed by atoms with Gasteiger partial charge in [0.25, 0.3) is 0 Å². The van der Waals surface area contributed by atoms with Gasteiger partial charge in [0.05, 0.1) is 7.11 Å². The normalized spacial score (nSPS) is 17.9. The van der Waals surface area contributed by atoms with Crippen LogP contribution in [-0.4, -0.2) is 25.2 Å². The molecule has 0 radical (unpaired) electrons. The molecule has 1 aliphatic rings. The number of aryl methyl sites for hydroxylation is 1. The van der Waals surface area contributed by atoms with E-state index in [2.05, 4.69) is 0 Å². The molecule has 0 bridgehead atoms. The van der Waals surface area contributed by atoms with E-state index in [1.165, 1.54) is 7.11 Å². The van der Waals surface area contributed by atoms with Crippen LogP contribution in [0.3, 0.4) is 0 Å². The predicted molar refractivity (Wildman–Crippen MR) is 68.3 cm³/mol. The maximum atomic E-state index is 11.8. The Morgan fingerprint density at radius 1 is 1.39 bits per heavy atom. The summed E-state index contributed by atoms with van der Waals surface area (Å²) in [5, 5.41) is 0. The summed E-state index contributed by atoms with van der Waals surface area (Å²) in [6.45, 7) is 2.17. The Kier molecular flexibility index (Phi) is 3.57. The van der Waals surface area contributed by atoms with E-state index in [0.717, 1.165) is 24.2 Å². The molecule has 0 spiro atoms. The second kappa shape index (κ2) is 4.98. The van der Waals surface area contributed by atoms with E-state index in [1.807, 2.05) is 31.2 Å². The predicted octanol–water partition coefficient (Wildman–Crippen LogP) is 1.65. The van der Waals surface area contributed by atoms with Crippen molar-refractivity contribution in [1.82, 2.24) is 0 Å². The number of esters is 1. The Labute approximate surface area is 107 Å². The van der Waals surface area contributed by atoms with Crippen molar-refractivity contribution in [2.24, 2.45) is 11.7 Å². The van der Waals surface area contributed by atoms with Crippen molar-refractivity contribution < 1.29 is 14.3 Å². The zero-order valence-electron chi connectivity index (χ0n) is 10.8. The maximum Gasteiger partial charge on any atom is 0.329 e. The molecule has 4 heteroatoms. The van der Waals surface area contributed by atoms with Crippen LogP contribution in [-0.2, 0) is 9.53 Å². The molecule has 18 heavy (non-hydrogen) atoms. The lowest BCUT2D eigenvalue weighted by molar-refractivity contribution is -0.149. The summed E-state index contributed by atoms with van der Waals surface area (Å²) in [6, 6.07) is 7.67. The average molecular weight is 249 g/mol. The number of carbonyl (C=O) groups excluding carboxylic acids is 1. The van der Waals surface area contributed by atoms with Gasteiger partial charge >= 0.3 is 5.97 Å². The minimum atomic E-state index is -1.01. The van der Waals surface area contributed by atoms with Crippen molar-refractivity contribution in [3.8, 4) is 5.75 Å². The molecule has 4 nitrogen and oxygen atoms in total. The lowest BCUT2D eigenvalue weighted by Crippen LogP contribution is -2.55. The number of nitrogens with two attached hydrogens (primary N) is 1. The lowest BCUT2D eigenvalue weighted by atomic mass is 9.96. The van der Waals surface area contributed by atoms with E-state index in [0.29, 0.717) is 0 Å². The van der Waals surface area contributed by atoms with Gasteiger partial charge in [-0.1, -0.05) is 17.7 Å². The summed E-state index contributed by atoms with van der Waals surface area (Å²) in [7, 11) is 1.36. The fourth-order valence-electron chi connectivity index (χ4n) is 1.97. The number of hydrogen-bond donors (Lipinski definition) is 1. The molecule has 2 rings (SSSR count). The molecule has 1 fully saturated rings. The highest BCUT2D eigenvalue weighted by molar-refractivity contribution is 5.81. The first-order chi connectivity index (χ1) is 8.56. The van der Waals surface area contributed by atoms with Crippen molar-refractivity contribution >= 4 is 5.97 Å². The molecule has 1 atom stereocenters. The van der Waals surface area contributed by atoms with Crippen molar-refractivity contribution in [3.63, 3.8) is 0 Å². The number of rotatable bonds is 5. The quantitative estimate of drug-likeness (QED) is 0.806. The number of benzene rings is 1. The molecular formula is C14H19NO3. The summed E-state index contributed by atoms with van der Waals surface area (Å²) in [6.07, 6.45) is 1.92. The minimum absolute atomic E-state index is 0.160. The fourth-order valence-corrected chi connectivity index (χ4v) is 1.97. The van der Waals surface area contributed by atoms with Gasteiger partial charge in [0.1, 0.15) is 12.4 Å². The summed E-state index contributed by atoms with van der Waals surface area (Å²) >= 11 is 0. The summed E-state index contributed by atoms with van der Waals surface area (Å²) in [5.74, 6) is 0.507. The molecule has 0 amide bonds. The Balaban J connectivity index is 2.02. The first-order valence-corrected chi connectivity index (χ1v) is 6.13. The van der Waals surface area contributed by atoms with E-state index < -0.39 is 11.5 Å². The maximum absolute atomic E-state index is 11.8. The minimum Gasteiger partial charge on any atom is -0.491 e. The van der Waals surface area contributed by atoms with Crippen LogP contribution in [0, 0.1) is 12.8 Å². The van der Waals surface area contributed by atoms with Gasteiger partial charge in [-0.05, 0) is 37.8 Å². The van der Waals surface area contributed by atoms with E-state index >= 15 is 0 Å². The van der Waals surface area contributed by atoms with Crippen molar-refractivity contribution in [1.29, 1.82) is 0 Å². The first kappa shape index (κ1) is 12.9. The van der Waals surface area contributed by atoms with Crippen LogP contribution in [0.15, 0.2) is 24.3 Å². The summed E-state index contributed by atoms with van der Waals surface area (Å²) in [4.78, 5) is 11.8. The lowest BCUT2D eigenvalue weighted by Gasteiger charge is -2.26. The molecule has 1 saturated carbocycles. The van der Waals surface area contributed by atoms with E-state index in [1.54, 1.807) is 0 Å². The smallest absolute Gasteiger partial charge is 0.329 e. The van der Waals surface area contributed by atoms with Crippen LogP contribution in [0.1, 0.15) is 18.4 Å². The van der Waals surface area contributed by atoms with Crippen LogP contribution in [0.25, 0.3) is 0 Å². The third kappa shape index (κ3) is 2.64. The molecular weight excluding hydrogens is 230 g/mol. The summed E-state index contributed by atoms with van der Waals surface area (Å²) < 4.78 is 10.4. The topological polar surface area (TPSA) is 61.5 Å². The Morgan fingerprint density at radius 2 is 2.00 bits per heavy atom. The van der Waals surface area contributed by atoms with Gasteiger partial charge in [-0.2, -0.15) is 0 Å². The van der Waals surface area contributed by atoms with Crippen LogP contribution in [0.4, 0.5) is 0 Å². The SMILES string of the molecule is COC(=O)C(N)(COc1ccc(C)cc1)C1CC1. The molecule has 0 aromatic heterocycles. The molecule has 0 heterocycles. The second-order valence-electron chi connectivity index (χ2n) is 4.91. The molecule has 1 aliphatic carbocycles. The molecule has 1 aromatic rings. The molecule has 98 valence electrons. The second-order valence-corrected chi connectivity index (χ2v) is 4.91. The highest BCUT2D eigenvalue weighted by Crippen LogP contribution is 2.39. The van der Waals surface area contributed by atoms with Crippen LogP contribution < -0.4 is 10.5 Å². The van der Waals surface area contributed by atoms with Crippen LogP contribution >= 0.6 is 0 Å². The third-order valence-electron chi connectivity index (χ3n) is 3.37. The van der Waals surface area contributed by atoms with E-state index in [4.69, 9.17) is 15.2 Å². The van der Waals surface area contributed by atoms with Gasteiger partial charge in [0, 0.05) is 0 Å². The number of ether oxygens (including phenoxy) is 2. The van der Waals surface area contributed by atoms with E-state index in [-0.39, 0.29) is 12.5 Å². The van der Waals surface area contributed by atoms with Crippen LogP contribution in [0.5, 0.6) is 5.75 Å². The standard InChI is InChI=1S/C14H19NO3/c1-10-3-7-12(8-4-10)18-9-14(15,11-5-6-11)13(16)17-2/h3-4,7-8,11H,5-6,9,15H2,1-2H3. The third-order valence-corrected chi connectivity index (χ3v) is 3.37. The molecule has 0 saturated heterocycles. The van der Waals surface area contributed by atoms with Gasteiger partial charge in [0.2, 0.25) is 0 Å². The molecule has 0 aliphatic heterocycles. The van der Waals surface area contributed by atoms with Gasteiger partial charge in [-0.15, -0.1) is 0 Å². The Morgan fingerprint density at radius 3 is 2.50 bits per heavy atom. The molecule has 2 N–H and O–H groups in total. The number of methoxy groups -OCH3 is 1. The zero-order valence-corrected chi connectivity index (χ0v) is 10.8. The monoisotopic (exact) mass is 249 g/mol. The molecule has 1 unspecified atom stereocenters. The zero-order chi connectivity index (χ0) is 13.2. The Bertz CT molecular complexity index is 425. The Hall–Kier alpha value is -1.55. The number of hydrogen-bond acceptors (Lipinski definition) is 4. The van der Waals surface area contributed by atoms with Crippen molar-refractivity contribution in [3.05, 3.63) is 29.8 Å². The van der Waals surface area contributed by atoms with Gasteiger partial charge in [-0.3, -0.25) is 0 Å². The number of carbonyl (C=O) groups is 1. The van der Waals surface area contributed by atoms with E-state index in [9.17, 15) is 4.79 Å². The average Bonchev–Trinajstić information content (AvgIpc) is 3.21. The van der Waals surface area contributed by atoms with Crippen molar-refractivity contribution in [2.45, 2.75) is 25.3 Å². The highest BCUT2D eigenvalue weighted by Gasteiger charge is 2.49. The molecule has 1 aromatic carbocycles. The summed E-state index contributed by atoms with van der Waals surface area (Å²) in [5.41, 5.74) is 6.28. The first-order valence-electron chi connectivity index (χ1n) is 6.13. The van der Waals surface area contributed by atoms with Gasteiger partial charge in [-0.25, -0.2) is 4.79 Å². The van der Waals surface area contributed by atoms with Gasteiger partial charge in [0.15, 0.2) is 5.54 Å². The van der Waals surface area contributed by atoms with Gasteiger partial charge < -0.3 is 15.2 Å². The fraction of sp³-hybridized carbons (Fsp3) is 0.500. The van der Waals surface area contributed by atoms with Crippen molar-refractivity contribution in [2.75, 3.05) is 13.7 Å².